The average Bonchev–Trinajstić information content (AvgIpc) is 2.34. The Kier molecular flexibility index (Phi) is 3.10. The van der Waals surface area contributed by atoms with Gasteiger partial charge >= 0.3 is 0 Å². The molecule has 2 atom stereocenters. The minimum atomic E-state index is -0.979. The number of hydrogen-bond acceptors (Lipinski definition) is 2. The number of alkyl halides is 2. The number of nitrogens with one attached hydrogen (secondary N) is 1. The quantitative estimate of drug-likeness (QED) is 0.684. The summed E-state index contributed by atoms with van der Waals surface area (Å²) in [6.07, 6.45) is 7.68. The van der Waals surface area contributed by atoms with Crippen molar-refractivity contribution in [1.82, 2.24) is 5.32 Å². The number of amides is 1. The number of nitrogens with zero attached hydrogens (tertiary/aromatic N) is 1. The van der Waals surface area contributed by atoms with Crippen molar-refractivity contribution < 1.29 is 4.79 Å². The number of carbonyl (C=O) groups is 1. The monoisotopic (exact) mass is 288 g/mol. The minimum Gasteiger partial charge on any atom is -0.330 e. The van der Waals surface area contributed by atoms with Crippen LogP contribution in [0.3, 0.4) is 0 Å². The maximum atomic E-state index is 12.4. The van der Waals surface area contributed by atoms with E-state index in [1.54, 1.807) is 0 Å². The summed E-state index contributed by atoms with van der Waals surface area (Å²) in [4.78, 5) is 16.2. The molecule has 5 heteroatoms. The maximum absolute atomic E-state index is 12.4. The number of aliphatic imine (C=N–C) groups is 1. The molecule has 0 saturated heterocycles. The SMILES string of the molecule is O=C1NC2(CCCCC2)N=C2[C@H](Cl)CCC[C@@]12Cl. The maximum Gasteiger partial charge on any atom is 0.248 e. The van der Waals surface area contributed by atoms with E-state index in [0.29, 0.717) is 6.42 Å². The highest BCUT2D eigenvalue weighted by Crippen LogP contribution is 2.42. The Morgan fingerprint density at radius 3 is 2.61 bits per heavy atom. The molecule has 1 amide bonds. The second-order valence-electron chi connectivity index (χ2n) is 5.70. The van der Waals surface area contributed by atoms with E-state index in [9.17, 15) is 4.79 Å². The van der Waals surface area contributed by atoms with E-state index >= 15 is 0 Å². The molecule has 0 radical (unpaired) electrons. The lowest BCUT2D eigenvalue weighted by atomic mass is 9.80. The van der Waals surface area contributed by atoms with Crippen LogP contribution >= 0.6 is 23.2 Å². The molecule has 0 unspecified atom stereocenters. The van der Waals surface area contributed by atoms with Crippen molar-refractivity contribution in [3.8, 4) is 0 Å². The molecule has 1 spiro atoms. The molecule has 0 aromatic rings. The van der Waals surface area contributed by atoms with Crippen molar-refractivity contribution >= 4 is 34.8 Å². The summed E-state index contributed by atoms with van der Waals surface area (Å²) in [5, 5.41) is 2.90. The predicted octanol–water partition coefficient (Wildman–Crippen LogP) is 2.99. The first-order chi connectivity index (χ1) is 8.56. The molecule has 100 valence electrons. The largest absolute Gasteiger partial charge is 0.330 e. The smallest absolute Gasteiger partial charge is 0.248 e. The predicted molar refractivity (Wildman–Crippen MR) is 73.5 cm³/mol. The van der Waals surface area contributed by atoms with Gasteiger partial charge in [-0.3, -0.25) is 9.79 Å². The van der Waals surface area contributed by atoms with Gasteiger partial charge in [-0.25, -0.2) is 0 Å². The van der Waals surface area contributed by atoms with Gasteiger partial charge in [-0.2, -0.15) is 0 Å². The number of carbonyl (C=O) groups excluding carboxylic acids is 1. The van der Waals surface area contributed by atoms with E-state index in [4.69, 9.17) is 28.2 Å². The van der Waals surface area contributed by atoms with Crippen LogP contribution in [-0.4, -0.2) is 27.5 Å². The Balaban J connectivity index is 2.01. The molecule has 2 fully saturated rings. The topological polar surface area (TPSA) is 41.5 Å². The minimum absolute atomic E-state index is 0.0820. The first-order valence-corrected chi connectivity index (χ1v) is 7.63. The molecule has 1 heterocycles. The second kappa shape index (κ2) is 4.38. The Bertz CT molecular complexity index is 404. The van der Waals surface area contributed by atoms with Crippen LogP contribution in [0.5, 0.6) is 0 Å². The summed E-state index contributed by atoms with van der Waals surface area (Å²) < 4.78 is 0. The van der Waals surface area contributed by atoms with Crippen LogP contribution in [0.4, 0.5) is 0 Å². The first kappa shape index (κ1) is 12.7. The highest BCUT2D eigenvalue weighted by molar-refractivity contribution is 6.52. The molecular formula is C13H18Cl2N2O. The molecule has 3 rings (SSSR count). The highest BCUT2D eigenvalue weighted by atomic mass is 35.5. The van der Waals surface area contributed by atoms with Gasteiger partial charge in [0.2, 0.25) is 5.91 Å². The molecule has 18 heavy (non-hydrogen) atoms. The van der Waals surface area contributed by atoms with Gasteiger partial charge in [-0.1, -0.05) is 6.42 Å². The summed E-state index contributed by atoms with van der Waals surface area (Å²) in [6.45, 7) is 0. The van der Waals surface area contributed by atoms with Crippen LogP contribution in [0.25, 0.3) is 0 Å². The van der Waals surface area contributed by atoms with Gasteiger partial charge in [0.15, 0.2) is 4.87 Å². The van der Waals surface area contributed by atoms with E-state index in [-0.39, 0.29) is 11.3 Å². The van der Waals surface area contributed by atoms with E-state index in [1.807, 2.05) is 0 Å². The second-order valence-corrected chi connectivity index (χ2v) is 6.88. The first-order valence-electron chi connectivity index (χ1n) is 6.82. The van der Waals surface area contributed by atoms with E-state index in [0.717, 1.165) is 44.2 Å². The third-order valence-electron chi connectivity index (χ3n) is 4.40. The van der Waals surface area contributed by atoms with Crippen molar-refractivity contribution in [2.45, 2.75) is 67.3 Å². The third kappa shape index (κ3) is 1.87. The molecule has 3 aliphatic rings. The lowest BCUT2D eigenvalue weighted by molar-refractivity contribution is -0.125. The standard InChI is InChI=1S/C13H18Cl2N2O/c14-9-5-4-8-13(15)10(9)16-12(17-11(13)18)6-2-1-3-7-12/h9H,1-8H2,(H,17,18)/t9-,13+/m1/s1. The van der Waals surface area contributed by atoms with Gasteiger partial charge in [-0.15, -0.1) is 23.2 Å². The molecule has 0 bridgehead atoms. The summed E-state index contributed by atoms with van der Waals surface area (Å²) in [6, 6.07) is 0. The fraction of sp³-hybridized carbons (Fsp3) is 0.846. The Morgan fingerprint density at radius 1 is 1.17 bits per heavy atom. The van der Waals surface area contributed by atoms with E-state index in [2.05, 4.69) is 5.32 Å². The zero-order chi connectivity index (χ0) is 12.8. The zero-order valence-electron chi connectivity index (χ0n) is 10.3. The van der Waals surface area contributed by atoms with Crippen LogP contribution in [0.15, 0.2) is 4.99 Å². The van der Waals surface area contributed by atoms with Crippen molar-refractivity contribution in [3.05, 3.63) is 0 Å². The van der Waals surface area contributed by atoms with Crippen molar-refractivity contribution in [3.63, 3.8) is 0 Å². The van der Waals surface area contributed by atoms with Gasteiger partial charge in [0.25, 0.3) is 0 Å². The third-order valence-corrected chi connectivity index (χ3v) is 5.38. The molecule has 0 aromatic heterocycles. The lowest BCUT2D eigenvalue weighted by Gasteiger charge is -2.46. The molecule has 3 nitrogen and oxygen atoms in total. The molecular weight excluding hydrogens is 271 g/mol. The fourth-order valence-electron chi connectivity index (χ4n) is 3.37. The highest BCUT2D eigenvalue weighted by Gasteiger charge is 2.53. The van der Waals surface area contributed by atoms with Crippen LogP contribution in [0.2, 0.25) is 0 Å². The van der Waals surface area contributed by atoms with Crippen LogP contribution in [-0.2, 0) is 4.79 Å². The van der Waals surface area contributed by atoms with Gasteiger partial charge in [0, 0.05) is 0 Å². The fourth-order valence-corrected chi connectivity index (χ4v) is 4.17. The summed E-state index contributed by atoms with van der Waals surface area (Å²) in [7, 11) is 0. The van der Waals surface area contributed by atoms with Gasteiger partial charge in [-0.05, 0) is 44.9 Å². The molecule has 1 aliphatic heterocycles. The number of fused-ring (bicyclic) bond motifs is 1. The normalized spacial score (nSPS) is 38.9. The number of rotatable bonds is 0. The number of hydrogen-bond donors (Lipinski definition) is 1. The van der Waals surface area contributed by atoms with Gasteiger partial charge in [0.1, 0.15) is 5.66 Å². The van der Waals surface area contributed by atoms with E-state index in [1.165, 1.54) is 6.42 Å². The summed E-state index contributed by atoms with van der Waals surface area (Å²) in [5.74, 6) is -0.0820. The van der Waals surface area contributed by atoms with Crippen molar-refractivity contribution in [2.24, 2.45) is 4.99 Å². The van der Waals surface area contributed by atoms with Crippen molar-refractivity contribution in [2.75, 3.05) is 0 Å². The molecule has 1 N–H and O–H groups in total. The number of halogens is 2. The van der Waals surface area contributed by atoms with Gasteiger partial charge in [0.05, 0.1) is 11.1 Å². The Morgan fingerprint density at radius 2 is 1.89 bits per heavy atom. The van der Waals surface area contributed by atoms with Crippen LogP contribution in [0.1, 0.15) is 51.4 Å². The van der Waals surface area contributed by atoms with Gasteiger partial charge < -0.3 is 5.32 Å². The zero-order valence-corrected chi connectivity index (χ0v) is 11.9. The van der Waals surface area contributed by atoms with E-state index < -0.39 is 10.5 Å². The average molecular weight is 289 g/mol. The summed E-state index contributed by atoms with van der Waals surface area (Å²) in [5.41, 5.74) is 0.316. The van der Waals surface area contributed by atoms with Crippen LogP contribution in [0, 0.1) is 0 Å². The Labute approximate surface area is 117 Å². The summed E-state index contributed by atoms with van der Waals surface area (Å²) >= 11 is 12.8. The Hall–Kier alpha value is -0.280. The lowest BCUT2D eigenvalue weighted by Crippen LogP contribution is -2.64. The molecule has 2 saturated carbocycles. The molecule has 2 aliphatic carbocycles. The van der Waals surface area contributed by atoms with Crippen molar-refractivity contribution in [1.29, 1.82) is 0 Å². The van der Waals surface area contributed by atoms with Crippen LogP contribution < -0.4 is 5.32 Å². The molecule has 0 aromatic carbocycles.